The second-order valence-electron chi connectivity index (χ2n) is 8.55. The van der Waals surface area contributed by atoms with Crippen LogP contribution in [0, 0.1) is 11.7 Å². The van der Waals surface area contributed by atoms with Gasteiger partial charge in [0.2, 0.25) is 0 Å². The summed E-state index contributed by atoms with van der Waals surface area (Å²) in [5.74, 6) is 0.589. The van der Waals surface area contributed by atoms with Crippen molar-refractivity contribution in [1.82, 2.24) is 4.90 Å². The number of carbonyl (C=O) groups is 1. The van der Waals surface area contributed by atoms with Gasteiger partial charge in [-0.15, -0.1) is 0 Å². The summed E-state index contributed by atoms with van der Waals surface area (Å²) in [6.07, 6.45) is 6.99. The molecule has 4 atom stereocenters. The molecule has 0 radical (unpaired) electrons. The van der Waals surface area contributed by atoms with E-state index in [1.54, 1.807) is 12.1 Å². The molecule has 1 amide bonds. The van der Waals surface area contributed by atoms with Crippen LogP contribution in [0.25, 0.3) is 0 Å². The summed E-state index contributed by atoms with van der Waals surface area (Å²) in [7, 11) is 1.43. The van der Waals surface area contributed by atoms with E-state index in [9.17, 15) is 9.18 Å². The van der Waals surface area contributed by atoms with Crippen LogP contribution in [0.5, 0.6) is 0 Å². The molecule has 2 saturated carbocycles. The van der Waals surface area contributed by atoms with E-state index in [-0.39, 0.29) is 36.1 Å². The molecule has 2 N–H and O–H groups in total. The number of methoxy groups -OCH3 is 1. The van der Waals surface area contributed by atoms with E-state index >= 15 is 0 Å². The topological polar surface area (TPSA) is 64.8 Å². The van der Waals surface area contributed by atoms with Crippen molar-refractivity contribution in [3.8, 4) is 0 Å². The van der Waals surface area contributed by atoms with E-state index in [0.29, 0.717) is 18.4 Å². The van der Waals surface area contributed by atoms with E-state index in [1.165, 1.54) is 13.2 Å². The lowest BCUT2D eigenvalue weighted by Crippen LogP contribution is -2.48. The number of amides is 1. The number of halogens is 1. The van der Waals surface area contributed by atoms with Crippen molar-refractivity contribution in [3.63, 3.8) is 0 Å². The number of hydrogen-bond donors (Lipinski definition) is 1. The zero-order valence-electron chi connectivity index (χ0n) is 16.6. The van der Waals surface area contributed by atoms with Gasteiger partial charge in [-0.25, -0.2) is 9.18 Å². The Bertz CT molecular complexity index is 692. The third kappa shape index (κ3) is 3.77. The molecule has 0 bridgehead atoms. The van der Waals surface area contributed by atoms with Crippen LogP contribution in [0.3, 0.4) is 0 Å². The van der Waals surface area contributed by atoms with E-state index in [0.717, 1.165) is 50.5 Å². The van der Waals surface area contributed by atoms with Crippen molar-refractivity contribution >= 4 is 6.09 Å². The fraction of sp³-hybridized carbons (Fsp3) is 0.682. The van der Waals surface area contributed by atoms with E-state index in [2.05, 4.69) is 0 Å². The minimum Gasteiger partial charge on any atom is -0.453 e. The lowest BCUT2D eigenvalue weighted by atomic mass is 9.82. The molecular formula is C22H31FN2O3. The van der Waals surface area contributed by atoms with Gasteiger partial charge in [0.05, 0.1) is 25.9 Å². The molecule has 0 spiro atoms. The Balaban J connectivity index is 1.32. The van der Waals surface area contributed by atoms with Crippen LogP contribution in [0.1, 0.15) is 56.4 Å². The summed E-state index contributed by atoms with van der Waals surface area (Å²) in [6, 6.07) is 6.98. The number of benzene rings is 1. The second kappa shape index (κ2) is 8.37. The fourth-order valence-corrected chi connectivity index (χ4v) is 5.61. The maximum atomic E-state index is 13.5. The molecule has 1 saturated heterocycles. The second-order valence-corrected chi connectivity index (χ2v) is 8.55. The third-order valence-corrected chi connectivity index (χ3v) is 7.07. The monoisotopic (exact) mass is 390 g/mol. The Labute approximate surface area is 166 Å². The molecule has 3 aliphatic rings. The zero-order valence-corrected chi connectivity index (χ0v) is 16.6. The highest BCUT2D eigenvalue weighted by molar-refractivity contribution is 5.69. The Kier molecular flexibility index (Phi) is 5.88. The molecule has 5 nitrogen and oxygen atoms in total. The normalized spacial score (nSPS) is 35.0. The molecule has 1 heterocycles. The van der Waals surface area contributed by atoms with Crippen LogP contribution >= 0.6 is 0 Å². The van der Waals surface area contributed by atoms with Gasteiger partial charge in [-0.1, -0.05) is 18.6 Å². The summed E-state index contributed by atoms with van der Waals surface area (Å²) in [5.41, 5.74) is 7.59. The lowest BCUT2D eigenvalue weighted by molar-refractivity contribution is -0.00902. The van der Waals surface area contributed by atoms with Gasteiger partial charge >= 0.3 is 6.09 Å². The van der Waals surface area contributed by atoms with E-state index in [1.807, 2.05) is 11.0 Å². The molecule has 4 rings (SSSR count). The largest absolute Gasteiger partial charge is 0.453 e. The summed E-state index contributed by atoms with van der Waals surface area (Å²) in [4.78, 5) is 14.2. The van der Waals surface area contributed by atoms with E-state index in [4.69, 9.17) is 15.2 Å². The summed E-state index contributed by atoms with van der Waals surface area (Å²) < 4.78 is 24.7. The van der Waals surface area contributed by atoms with E-state index < -0.39 is 0 Å². The average molecular weight is 390 g/mol. The van der Waals surface area contributed by atoms with Crippen molar-refractivity contribution in [2.75, 3.05) is 13.7 Å². The molecule has 0 aromatic heterocycles. The summed E-state index contributed by atoms with van der Waals surface area (Å²) in [5, 5.41) is 0. The molecule has 3 fully saturated rings. The third-order valence-electron chi connectivity index (χ3n) is 7.07. The first-order valence-corrected chi connectivity index (χ1v) is 10.6. The van der Waals surface area contributed by atoms with Crippen molar-refractivity contribution in [3.05, 3.63) is 35.6 Å². The Morgan fingerprint density at radius 1 is 1.21 bits per heavy atom. The van der Waals surface area contributed by atoms with Gasteiger partial charge in [-0.05, 0) is 68.1 Å². The molecule has 154 valence electrons. The SMILES string of the molecule is COC(=O)N1[C@@H]2CCC[C@@H]2[C@H](N)[C@@H]1COC1CCC(c2cccc(F)c2)CC1. The highest BCUT2D eigenvalue weighted by Crippen LogP contribution is 2.41. The van der Waals surface area contributed by atoms with Crippen molar-refractivity contribution < 1.29 is 18.7 Å². The predicted octanol–water partition coefficient (Wildman–Crippen LogP) is 3.82. The van der Waals surface area contributed by atoms with Gasteiger partial charge in [0.1, 0.15) is 5.82 Å². The minimum absolute atomic E-state index is 0.0461. The molecule has 1 aromatic carbocycles. The fourth-order valence-electron chi connectivity index (χ4n) is 5.61. The maximum Gasteiger partial charge on any atom is 0.410 e. The smallest absolute Gasteiger partial charge is 0.410 e. The van der Waals surface area contributed by atoms with Gasteiger partial charge in [0.25, 0.3) is 0 Å². The minimum atomic E-state index is -0.284. The quantitative estimate of drug-likeness (QED) is 0.849. The number of nitrogens with zero attached hydrogens (tertiary/aromatic N) is 1. The number of hydrogen-bond acceptors (Lipinski definition) is 4. The summed E-state index contributed by atoms with van der Waals surface area (Å²) in [6.45, 7) is 0.471. The Hall–Kier alpha value is -1.66. The van der Waals surface area contributed by atoms with Crippen LogP contribution in [0.4, 0.5) is 9.18 Å². The lowest BCUT2D eigenvalue weighted by Gasteiger charge is -2.33. The highest BCUT2D eigenvalue weighted by atomic mass is 19.1. The van der Waals surface area contributed by atoms with Crippen LogP contribution in [0.2, 0.25) is 0 Å². The van der Waals surface area contributed by atoms with Gasteiger partial charge in [0, 0.05) is 12.1 Å². The number of nitrogens with two attached hydrogens (primary N) is 1. The van der Waals surface area contributed by atoms with Gasteiger partial charge < -0.3 is 15.2 Å². The van der Waals surface area contributed by atoms with Crippen molar-refractivity contribution in [2.45, 2.75) is 75.1 Å². The molecule has 2 aliphatic carbocycles. The molecule has 0 unspecified atom stereocenters. The molecule has 28 heavy (non-hydrogen) atoms. The number of ether oxygens (including phenoxy) is 2. The molecule has 1 aromatic rings. The predicted molar refractivity (Wildman–Crippen MR) is 104 cm³/mol. The first kappa shape index (κ1) is 19.6. The zero-order chi connectivity index (χ0) is 19.7. The van der Waals surface area contributed by atoms with Crippen LogP contribution < -0.4 is 5.73 Å². The number of fused-ring (bicyclic) bond motifs is 1. The molecular weight excluding hydrogens is 359 g/mol. The standard InChI is InChI=1S/C22H31FN2O3/c1-27-22(26)25-19-7-3-6-18(19)21(24)20(25)13-28-17-10-8-14(9-11-17)15-4-2-5-16(23)12-15/h2,4-5,12,14,17-21H,3,6-11,13,24H2,1H3/t14?,17?,18-,19+,20-,21-/m0/s1. The summed E-state index contributed by atoms with van der Waals surface area (Å²) >= 11 is 0. The van der Waals surface area contributed by atoms with Gasteiger partial charge in [0.15, 0.2) is 0 Å². The van der Waals surface area contributed by atoms with Gasteiger partial charge in [-0.3, -0.25) is 4.90 Å². The molecule has 6 heteroatoms. The highest BCUT2D eigenvalue weighted by Gasteiger charge is 2.51. The van der Waals surface area contributed by atoms with Crippen LogP contribution in [-0.4, -0.2) is 48.9 Å². The van der Waals surface area contributed by atoms with Gasteiger partial charge in [-0.2, -0.15) is 0 Å². The maximum absolute atomic E-state index is 13.5. The Morgan fingerprint density at radius 2 is 2.00 bits per heavy atom. The number of likely N-dealkylation sites (tertiary alicyclic amines) is 1. The van der Waals surface area contributed by atoms with Crippen molar-refractivity contribution in [2.24, 2.45) is 11.7 Å². The first-order valence-electron chi connectivity index (χ1n) is 10.6. The molecule has 1 aliphatic heterocycles. The van der Waals surface area contributed by atoms with Crippen LogP contribution in [-0.2, 0) is 9.47 Å². The Morgan fingerprint density at radius 3 is 2.71 bits per heavy atom. The number of rotatable bonds is 4. The van der Waals surface area contributed by atoms with Crippen molar-refractivity contribution in [1.29, 1.82) is 0 Å². The van der Waals surface area contributed by atoms with Crippen LogP contribution in [0.15, 0.2) is 24.3 Å². The average Bonchev–Trinajstić information content (AvgIpc) is 3.28. The first-order chi connectivity index (χ1) is 13.6. The number of carbonyl (C=O) groups excluding carboxylic acids is 1.